The molecule has 114 valence electrons. The SMILES string of the molecule is OB(O)c1ccc2oc3cccc4cccc(c5cccc1c25)c43. The minimum Gasteiger partial charge on any atom is -0.456 e. The Hall–Kier alpha value is -2.82. The molecule has 4 heteroatoms. The van der Waals surface area contributed by atoms with Crippen molar-refractivity contribution in [1.29, 1.82) is 0 Å². The Morgan fingerprint density at radius 3 is 2.04 bits per heavy atom. The number of benzene rings is 4. The summed E-state index contributed by atoms with van der Waals surface area (Å²) in [4.78, 5) is 0. The Morgan fingerprint density at radius 2 is 1.25 bits per heavy atom. The van der Waals surface area contributed by atoms with Gasteiger partial charge in [-0.25, -0.2) is 0 Å². The van der Waals surface area contributed by atoms with E-state index in [9.17, 15) is 10.0 Å². The molecule has 0 unspecified atom stereocenters. The minimum atomic E-state index is -1.52. The fraction of sp³-hybridized carbons (Fsp3) is 0. The summed E-state index contributed by atoms with van der Waals surface area (Å²) in [5.41, 5.74) is 2.03. The highest BCUT2D eigenvalue weighted by molar-refractivity contribution is 6.62. The maximum absolute atomic E-state index is 9.71. The molecule has 0 atom stereocenters. The first kappa shape index (κ1) is 13.6. The molecule has 1 heterocycles. The van der Waals surface area contributed by atoms with Gasteiger partial charge >= 0.3 is 7.12 Å². The van der Waals surface area contributed by atoms with Crippen LogP contribution < -0.4 is 5.46 Å². The third-order valence-corrected chi connectivity index (χ3v) is 4.69. The van der Waals surface area contributed by atoms with E-state index >= 15 is 0 Å². The summed E-state index contributed by atoms with van der Waals surface area (Å²) in [6.07, 6.45) is 0. The molecule has 0 aliphatic carbocycles. The average molecular weight is 312 g/mol. The smallest absolute Gasteiger partial charge is 0.456 e. The monoisotopic (exact) mass is 312 g/mol. The summed E-state index contributed by atoms with van der Waals surface area (Å²) in [5.74, 6) is 0. The van der Waals surface area contributed by atoms with Crippen molar-refractivity contribution in [1.82, 2.24) is 0 Å². The van der Waals surface area contributed by atoms with Gasteiger partial charge < -0.3 is 14.5 Å². The zero-order valence-corrected chi connectivity index (χ0v) is 12.7. The van der Waals surface area contributed by atoms with Gasteiger partial charge in [-0.2, -0.15) is 0 Å². The Morgan fingerprint density at radius 1 is 0.625 bits per heavy atom. The molecule has 5 rings (SSSR count). The number of rotatable bonds is 1. The summed E-state index contributed by atoms with van der Waals surface area (Å²) in [6, 6.07) is 21.6. The Balaban J connectivity index is 2.18. The predicted molar refractivity (Wildman–Crippen MR) is 98.6 cm³/mol. The molecule has 0 radical (unpaired) electrons. The topological polar surface area (TPSA) is 53.6 Å². The van der Waals surface area contributed by atoms with E-state index in [1.807, 2.05) is 36.4 Å². The van der Waals surface area contributed by atoms with E-state index in [1.165, 1.54) is 0 Å². The van der Waals surface area contributed by atoms with Crippen molar-refractivity contribution in [3.05, 3.63) is 66.7 Å². The first-order valence-electron chi connectivity index (χ1n) is 7.86. The molecule has 0 spiro atoms. The lowest BCUT2D eigenvalue weighted by molar-refractivity contribution is 0.426. The Bertz CT molecular complexity index is 1230. The van der Waals surface area contributed by atoms with Crippen LogP contribution in [0.5, 0.6) is 0 Å². The van der Waals surface area contributed by atoms with E-state index in [0.29, 0.717) is 5.46 Å². The normalized spacial score (nSPS) is 11.8. The van der Waals surface area contributed by atoms with E-state index in [-0.39, 0.29) is 0 Å². The van der Waals surface area contributed by atoms with Crippen molar-refractivity contribution in [2.24, 2.45) is 0 Å². The van der Waals surface area contributed by atoms with Crippen molar-refractivity contribution >= 4 is 56.1 Å². The summed E-state index contributed by atoms with van der Waals surface area (Å²) in [6.45, 7) is 0. The van der Waals surface area contributed by atoms with Gasteiger partial charge in [0.1, 0.15) is 11.2 Å². The van der Waals surface area contributed by atoms with Crippen LogP contribution in [0.1, 0.15) is 0 Å². The van der Waals surface area contributed by atoms with Gasteiger partial charge in [-0.05, 0) is 39.1 Å². The zero-order valence-electron chi connectivity index (χ0n) is 12.7. The molecule has 24 heavy (non-hydrogen) atoms. The van der Waals surface area contributed by atoms with Crippen LogP contribution in [0, 0.1) is 0 Å². The molecule has 2 N–H and O–H groups in total. The van der Waals surface area contributed by atoms with Crippen molar-refractivity contribution in [3.63, 3.8) is 0 Å². The maximum Gasteiger partial charge on any atom is 0.489 e. The number of hydrogen-bond acceptors (Lipinski definition) is 3. The molecule has 0 bridgehead atoms. The molecule has 0 aliphatic heterocycles. The van der Waals surface area contributed by atoms with E-state index in [4.69, 9.17) is 4.42 Å². The fourth-order valence-electron chi connectivity index (χ4n) is 3.67. The van der Waals surface area contributed by atoms with Crippen molar-refractivity contribution in [2.75, 3.05) is 0 Å². The predicted octanol–water partition coefficient (Wildman–Crippen LogP) is 3.57. The molecule has 3 nitrogen and oxygen atoms in total. The van der Waals surface area contributed by atoms with E-state index < -0.39 is 7.12 Å². The van der Waals surface area contributed by atoms with Gasteiger partial charge in [0.25, 0.3) is 0 Å². The first-order valence-corrected chi connectivity index (χ1v) is 7.86. The molecule has 0 saturated carbocycles. The van der Waals surface area contributed by atoms with Gasteiger partial charge in [-0.1, -0.05) is 54.6 Å². The Kier molecular flexibility index (Phi) is 2.74. The average Bonchev–Trinajstić information content (AvgIpc) is 2.74. The minimum absolute atomic E-state index is 0.484. The lowest BCUT2D eigenvalue weighted by atomic mass is 9.76. The lowest BCUT2D eigenvalue weighted by Crippen LogP contribution is -2.30. The number of fused-ring (bicyclic) bond motifs is 1. The van der Waals surface area contributed by atoms with Gasteiger partial charge in [0.15, 0.2) is 0 Å². The van der Waals surface area contributed by atoms with Gasteiger partial charge in [0, 0.05) is 10.8 Å². The third-order valence-electron chi connectivity index (χ3n) is 4.69. The van der Waals surface area contributed by atoms with Gasteiger partial charge in [-0.15, -0.1) is 0 Å². The van der Waals surface area contributed by atoms with Crippen LogP contribution in [0.25, 0.3) is 43.5 Å². The van der Waals surface area contributed by atoms with Crippen LogP contribution in [-0.2, 0) is 0 Å². The molecular formula is C20H13BO3. The van der Waals surface area contributed by atoms with Crippen LogP contribution >= 0.6 is 0 Å². The van der Waals surface area contributed by atoms with Gasteiger partial charge in [-0.3, -0.25) is 0 Å². The second-order valence-electron chi connectivity index (χ2n) is 6.02. The molecule has 0 amide bonds. The molecule has 0 saturated heterocycles. The largest absolute Gasteiger partial charge is 0.489 e. The molecule has 0 fully saturated rings. The molecule has 1 aromatic heterocycles. The van der Waals surface area contributed by atoms with Crippen LogP contribution in [0.15, 0.2) is 71.1 Å². The maximum atomic E-state index is 9.71. The Labute approximate surface area is 137 Å². The highest BCUT2D eigenvalue weighted by Gasteiger charge is 2.18. The highest BCUT2D eigenvalue weighted by atomic mass is 16.4. The molecule has 5 aromatic rings. The summed E-state index contributed by atoms with van der Waals surface area (Å²) in [5, 5.41) is 25.5. The number of hydrogen-bond donors (Lipinski definition) is 2. The third kappa shape index (κ3) is 1.75. The van der Waals surface area contributed by atoms with Crippen molar-refractivity contribution < 1.29 is 14.5 Å². The van der Waals surface area contributed by atoms with Crippen LogP contribution in [-0.4, -0.2) is 17.2 Å². The van der Waals surface area contributed by atoms with E-state index in [0.717, 1.165) is 43.5 Å². The van der Waals surface area contributed by atoms with Gasteiger partial charge in [0.05, 0.1) is 0 Å². The standard InChI is InChI=1S/C20H13BO3/c22-21(23)16-10-11-18-20-14(7-3-8-15(16)20)13-6-1-4-12-5-2-9-17(24-18)19(12)13/h1-11,22-23H. The second-order valence-corrected chi connectivity index (χ2v) is 6.02. The van der Waals surface area contributed by atoms with Crippen molar-refractivity contribution in [3.8, 4) is 0 Å². The zero-order chi connectivity index (χ0) is 16.3. The van der Waals surface area contributed by atoms with Crippen LogP contribution in [0.2, 0.25) is 0 Å². The second kappa shape index (κ2) is 4.84. The van der Waals surface area contributed by atoms with E-state index in [2.05, 4.69) is 24.3 Å². The molecular weight excluding hydrogens is 299 g/mol. The van der Waals surface area contributed by atoms with Crippen molar-refractivity contribution in [2.45, 2.75) is 0 Å². The molecule has 0 aliphatic rings. The highest BCUT2D eigenvalue weighted by Crippen LogP contribution is 2.35. The quantitative estimate of drug-likeness (QED) is 0.465. The van der Waals surface area contributed by atoms with Crippen LogP contribution in [0.4, 0.5) is 0 Å². The fourth-order valence-corrected chi connectivity index (χ4v) is 3.67. The lowest BCUT2D eigenvalue weighted by Gasteiger charge is -2.07. The summed E-state index contributed by atoms with van der Waals surface area (Å²) < 4.78 is 6.22. The summed E-state index contributed by atoms with van der Waals surface area (Å²) >= 11 is 0. The van der Waals surface area contributed by atoms with Crippen LogP contribution in [0.3, 0.4) is 0 Å². The first-order chi connectivity index (χ1) is 11.7. The summed E-state index contributed by atoms with van der Waals surface area (Å²) in [7, 11) is -1.52. The van der Waals surface area contributed by atoms with Gasteiger partial charge in [0.2, 0.25) is 0 Å². The van der Waals surface area contributed by atoms with E-state index in [1.54, 1.807) is 6.07 Å². The molecule has 4 aromatic carbocycles.